The van der Waals surface area contributed by atoms with Crippen LogP contribution in [0.5, 0.6) is 0 Å². The molecule has 0 unspecified atom stereocenters. The molecule has 17 heteroatoms. The Balaban J connectivity index is 1.56. The highest BCUT2D eigenvalue weighted by atomic mass is 16.7. The van der Waals surface area contributed by atoms with Crippen molar-refractivity contribution in [2.45, 2.75) is 149 Å². The fourth-order valence-corrected chi connectivity index (χ4v) is 9.50. The van der Waals surface area contributed by atoms with Crippen LogP contribution in [0.3, 0.4) is 0 Å². The van der Waals surface area contributed by atoms with Crippen LogP contribution in [0.4, 0.5) is 9.59 Å². The summed E-state index contributed by atoms with van der Waals surface area (Å²) < 4.78 is 37.7. The predicted octanol–water partition coefficient (Wildman–Crippen LogP) is 5.73. The van der Waals surface area contributed by atoms with Crippen LogP contribution in [-0.2, 0) is 42.8 Å². The van der Waals surface area contributed by atoms with E-state index < -0.39 is 108 Å². The average Bonchev–Trinajstić information content (AvgIpc) is 3.58. The van der Waals surface area contributed by atoms with Crippen LogP contribution in [-0.4, -0.2) is 131 Å². The van der Waals surface area contributed by atoms with E-state index in [2.05, 4.69) is 20.6 Å². The molecular formula is C48H69N5O12. The van der Waals surface area contributed by atoms with E-state index in [1.807, 2.05) is 56.3 Å². The first-order chi connectivity index (χ1) is 30.6. The second kappa shape index (κ2) is 21.6. The van der Waals surface area contributed by atoms with Crippen LogP contribution in [0.2, 0.25) is 0 Å². The molecule has 0 bridgehead atoms. The van der Waals surface area contributed by atoms with E-state index in [0.29, 0.717) is 6.42 Å². The number of hydrogen-bond donors (Lipinski definition) is 3. The van der Waals surface area contributed by atoms with Crippen molar-refractivity contribution in [1.29, 1.82) is 0 Å². The van der Waals surface area contributed by atoms with Gasteiger partial charge >= 0.3 is 24.1 Å². The number of Topliss-reactive ketones (excluding diaryl/α,β-unsaturated/α-hetero) is 1. The fourth-order valence-electron chi connectivity index (χ4n) is 9.50. The first kappa shape index (κ1) is 51.0. The number of aliphatic hydroxyl groups excluding tert-OH is 1. The van der Waals surface area contributed by atoms with Gasteiger partial charge in [0.15, 0.2) is 11.9 Å². The Bertz CT molecular complexity index is 2000. The predicted molar refractivity (Wildman–Crippen MR) is 240 cm³/mol. The monoisotopic (exact) mass is 907 g/mol. The number of carbonyl (C=O) groups is 5. The van der Waals surface area contributed by atoms with Crippen molar-refractivity contribution in [1.82, 2.24) is 25.5 Å². The van der Waals surface area contributed by atoms with Crippen LogP contribution >= 0.6 is 0 Å². The molecule has 0 radical (unpaired) electrons. The van der Waals surface area contributed by atoms with Crippen molar-refractivity contribution in [2.75, 3.05) is 20.6 Å². The quantitative estimate of drug-likeness (QED) is 0.182. The van der Waals surface area contributed by atoms with Gasteiger partial charge in [-0.1, -0.05) is 78.0 Å². The van der Waals surface area contributed by atoms with Gasteiger partial charge < -0.3 is 49.1 Å². The number of carbonyl (C=O) groups excluding carboxylic acids is 5. The molecule has 0 spiro atoms. The first-order valence-corrected chi connectivity index (χ1v) is 22.7. The normalized spacial score (nSPS) is 34.8. The summed E-state index contributed by atoms with van der Waals surface area (Å²) in [6.45, 7) is 16.9. The van der Waals surface area contributed by atoms with Crippen LogP contribution in [0.25, 0.3) is 17.3 Å². The molecule has 1 aromatic carbocycles. The van der Waals surface area contributed by atoms with Gasteiger partial charge in [-0.05, 0) is 66.6 Å². The zero-order chi connectivity index (χ0) is 48.0. The molecule has 2 amide bonds. The minimum absolute atomic E-state index is 0.0515. The number of fused-ring (bicyclic) bond motifs is 1. The zero-order valence-electron chi connectivity index (χ0n) is 39.8. The third-order valence-corrected chi connectivity index (χ3v) is 13.1. The number of alkyl carbamates (subject to hydrolysis) is 2. The number of ether oxygens (including phenoxy) is 6. The van der Waals surface area contributed by atoms with Crippen molar-refractivity contribution in [3.8, 4) is 11.3 Å². The van der Waals surface area contributed by atoms with Crippen molar-refractivity contribution >= 4 is 36.0 Å². The van der Waals surface area contributed by atoms with Gasteiger partial charge in [-0.25, -0.2) is 9.59 Å². The lowest BCUT2D eigenvalue weighted by molar-refractivity contribution is -0.298. The van der Waals surface area contributed by atoms with Gasteiger partial charge in [0.1, 0.15) is 35.8 Å². The van der Waals surface area contributed by atoms with Gasteiger partial charge in [-0.15, -0.1) is 0 Å². The topological polar surface area (TPSA) is 214 Å². The lowest BCUT2D eigenvalue weighted by Crippen LogP contribution is -2.61. The van der Waals surface area contributed by atoms with Gasteiger partial charge in [0, 0.05) is 48.3 Å². The molecule has 358 valence electrons. The smallest absolute Gasteiger partial charge is 0.408 e. The zero-order valence-corrected chi connectivity index (χ0v) is 39.8. The molecule has 3 N–H and O–H groups in total. The van der Waals surface area contributed by atoms with E-state index in [4.69, 9.17) is 28.4 Å². The molecule has 5 rings (SSSR count). The number of benzene rings is 1. The molecule has 4 heterocycles. The van der Waals surface area contributed by atoms with Gasteiger partial charge in [0.05, 0.1) is 35.9 Å². The summed E-state index contributed by atoms with van der Waals surface area (Å²) in [6.07, 6.45) is 1.06. The number of ketones is 1. The molecule has 2 aromatic rings. The molecule has 0 aliphatic carbocycles. The van der Waals surface area contributed by atoms with Gasteiger partial charge in [0.2, 0.25) is 0 Å². The molecule has 3 aliphatic heterocycles. The van der Waals surface area contributed by atoms with E-state index in [1.54, 1.807) is 87.0 Å². The van der Waals surface area contributed by atoms with E-state index in [1.165, 1.54) is 0 Å². The molecule has 3 saturated heterocycles. The Hall–Kier alpha value is -4.97. The summed E-state index contributed by atoms with van der Waals surface area (Å²) in [7, 11) is 3.67. The highest BCUT2D eigenvalue weighted by molar-refractivity contribution is 5.85. The third-order valence-electron chi connectivity index (χ3n) is 13.1. The standard InChI is InChI=1S/C48H69N5O12/c1-13-36-48(10)40(52-46(59)65-48)29(6)37(54)27(4)24-47(9,64-45(58)51-20-14-15-32-16-18-33(19-17-32)34-25-49-21-22-50-34)41(63-44-38(55)35(53(11)12)23-28(5)60-44)30(7)39(31(8)43(57)61-36)62-42(56)26(2)3/h14-19,21-22,25-31,35-36,38-41,44,55H,13,20,23-24H2,1-12H3,(H,51,58)(H,52,59)/t27-,28-,29+,30+,31-,35+,36-,38-,39+,40-,41-,44+,47-,48-/m1/s1. The Kier molecular flexibility index (Phi) is 16.9. The number of aromatic nitrogens is 2. The van der Waals surface area contributed by atoms with Crippen molar-refractivity contribution in [3.63, 3.8) is 0 Å². The highest BCUT2D eigenvalue weighted by Gasteiger charge is 2.58. The summed E-state index contributed by atoms with van der Waals surface area (Å²) >= 11 is 0. The highest BCUT2D eigenvalue weighted by Crippen LogP contribution is 2.42. The van der Waals surface area contributed by atoms with E-state index in [-0.39, 0.29) is 31.3 Å². The minimum atomic E-state index is -1.74. The Morgan fingerprint density at radius 1 is 1.05 bits per heavy atom. The number of nitrogens with one attached hydrogen (secondary N) is 2. The van der Waals surface area contributed by atoms with Crippen LogP contribution in [0, 0.1) is 29.6 Å². The number of rotatable bonds is 11. The SMILES string of the molecule is CC[C@H]1OC(=O)[C@H](C)[C@@H](OC(=O)C(C)C)[C@H](C)[C@@H](O[C@@H]2O[C@H](C)C[C@H](N(C)C)[C@H]2O)[C@](C)(OC(=O)NCC=Cc2ccc(-c3cnccn3)cc2)C[C@@H](C)C(=O)[C@H](C)[C@H]2NC(=O)O[C@@]21C. The number of aliphatic hydroxyl groups is 1. The number of esters is 2. The summed E-state index contributed by atoms with van der Waals surface area (Å²) in [5.41, 5.74) is -0.699. The Morgan fingerprint density at radius 3 is 2.35 bits per heavy atom. The lowest BCUT2D eigenvalue weighted by atomic mass is 9.73. The van der Waals surface area contributed by atoms with Gasteiger partial charge in [0.25, 0.3) is 0 Å². The summed E-state index contributed by atoms with van der Waals surface area (Å²) in [5.74, 6) is -6.13. The molecule has 3 fully saturated rings. The van der Waals surface area contributed by atoms with Crippen molar-refractivity contribution in [3.05, 3.63) is 54.5 Å². The number of amides is 2. The fraction of sp³-hybridized carbons (Fsp3) is 0.646. The molecule has 17 nitrogen and oxygen atoms in total. The number of likely N-dealkylation sites (N-methyl/N-ethyl adjacent to an activating group) is 1. The molecule has 0 saturated carbocycles. The third kappa shape index (κ3) is 11.9. The lowest BCUT2D eigenvalue weighted by Gasteiger charge is -2.48. The summed E-state index contributed by atoms with van der Waals surface area (Å²) in [6, 6.07) is 6.35. The van der Waals surface area contributed by atoms with Gasteiger partial charge in [-0.3, -0.25) is 24.4 Å². The second-order valence-electron chi connectivity index (χ2n) is 18.9. The maximum absolute atomic E-state index is 14.6. The molecule has 3 aliphatic rings. The van der Waals surface area contributed by atoms with Crippen molar-refractivity contribution in [2.24, 2.45) is 29.6 Å². The van der Waals surface area contributed by atoms with Crippen LogP contribution < -0.4 is 10.6 Å². The van der Waals surface area contributed by atoms with Crippen molar-refractivity contribution < 1.29 is 57.5 Å². The Morgan fingerprint density at radius 2 is 1.74 bits per heavy atom. The number of nitrogens with zero attached hydrogens (tertiary/aromatic N) is 3. The summed E-state index contributed by atoms with van der Waals surface area (Å²) in [4.78, 5) is 80.0. The average molecular weight is 908 g/mol. The number of cyclic esters (lactones) is 1. The second-order valence-corrected chi connectivity index (χ2v) is 18.9. The van der Waals surface area contributed by atoms with E-state index >= 15 is 0 Å². The van der Waals surface area contributed by atoms with E-state index in [9.17, 15) is 29.1 Å². The van der Waals surface area contributed by atoms with E-state index in [0.717, 1.165) is 16.8 Å². The molecule has 14 atom stereocenters. The van der Waals surface area contributed by atoms with Crippen LogP contribution in [0.1, 0.15) is 94.1 Å². The largest absolute Gasteiger partial charge is 0.461 e. The number of hydrogen-bond acceptors (Lipinski definition) is 15. The first-order valence-electron chi connectivity index (χ1n) is 22.7. The Labute approximate surface area is 382 Å². The maximum Gasteiger partial charge on any atom is 0.408 e. The molecule has 1 aromatic heterocycles. The minimum Gasteiger partial charge on any atom is -0.461 e. The van der Waals surface area contributed by atoms with Crippen LogP contribution in [0.15, 0.2) is 48.9 Å². The maximum atomic E-state index is 14.6. The molecule has 65 heavy (non-hydrogen) atoms. The molecular weight excluding hydrogens is 839 g/mol. The summed E-state index contributed by atoms with van der Waals surface area (Å²) in [5, 5.41) is 17.4. The van der Waals surface area contributed by atoms with Gasteiger partial charge in [-0.2, -0.15) is 0 Å².